The van der Waals surface area contributed by atoms with Gasteiger partial charge in [0.05, 0.1) is 17.6 Å². The highest BCUT2D eigenvalue weighted by molar-refractivity contribution is 5.76. The Labute approximate surface area is 82.1 Å². The Morgan fingerprint density at radius 1 is 1.00 bits per heavy atom. The van der Waals surface area contributed by atoms with E-state index < -0.39 is 5.85 Å². The minimum atomic E-state index is -0.585. The average molecular weight is 186 g/mol. The van der Waals surface area contributed by atoms with Gasteiger partial charge in [0.25, 0.3) is 5.85 Å². The summed E-state index contributed by atoms with van der Waals surface area (Å²) in [4.78, 5) is 0. The molecule has 1 spiro atoms. The Morgan fingerprint density at radius 3 is 2.29 bits per heavy atom. The molecule has 14 heavy (non-hydrogen) atoms. The van der Waals surface area contributed by atoms with Crippen molar-refractivity contribution in [1.29, 1.82) is 0 Å². The summed E-state index contributed by atoms with van der Waals surface area (Å²) in [6.07, 6.45) is 7.44. The number of hydrogen-bond donors (Lipinski definition) is 2. The van der Waals surface area contributed by atoms with Gasteiger partial charge in [0.2, 0.25) is 0 Å². The number of nitrogens with one attached hydrogen (secondary N) is 2. The fourth-order valence-corrected chi connectivity index (χ4v) is 1.70. The van der Waals surface area contributed by atoms with Gasteiger partial charge in [-0.25, -0.2) is 0 Å². The van der Waals surface area contributed by atoms with Gasteiger partial charge in [-0.3, -0.25) is 0 Å². The minimum absolute atomic E-state index is 0.585. The van der Waals surface area contributed by atoms with E-state index in [1.54, 1.807) is 6.26 Å². The van der Waals surface area contributed by atoms with Crippen LogP contribution in [0.4, 0.5) is 11.4 Å². The SMILES string of the molecule is C1=COC2(C=C1)Nc1ccccc1N2. The molecule has 3 heteroatoms. The molecule has 0 saturated carbocycles. The highest BCUT2D eigenvalue weighted by Gasteiger charge is 2.35. The first kappa shape index (κ1) is 7.50. The zero-order chi connectivity index (χ0) is 9.43. The quantitative estimate of drug-likeness (QED) is 0.652. The molecule has 1 aromatic rings. The number of hydrogen-bond acceptors (Lipinski definition) is 3. The van der Waals surface area contributed by atoms with E-state index in [-0.39, 0.29) is 0 Å². The number of rotatable bonds is 0. The molecule has 2 aliphatic rings. The molecule has 2 aliphatic heterocycles. The van der Waals surface area contributed by atoms with Crippen molar-refractivity contribution in [2.24, 2.45) is 0 Å². The summed E-state index contributed by atoms with van der Waals surface area (Å²) in [7, 11) is 0. The Kier molecular flexibility index (Phi) is 1.36. The van der Waals surface area contributed by atoms with Crippen LogP contribution in [-0.2, 0) is 4.74 Å². The maximum atomic E-state index is 5.52. The maximum absolute atomic E-state index is 5.52. The molecule has 0 saturated heterocycles. The number of para-hydroxylation sites is 2. The number of fused-ring (bicyclic) bond motifs is 1. The summed E-state index contributed by atoms with van der Waals surface area (Å²) in [5.74, 6) is -0.585. The van der Waals surface area contributed by atoms with E-state index in [1.807, 2.05) is 42.5 Å². The van der Waals surface area contributed by atoms with Crippen LogP contribution in [-0.4, -0.2) is 5.85 Å². The van der Waals surface area contributed by atoms with Crippen molar-refractivity contribution < 1.29 is 4.74 Å². The van der Waals surface area contributed by atoms with Crippen LogP contribution in [0.1, 0.15) is 0 Å². The first-order valence-corrected chi connectivity index (χ1v) is 4.56. The summed E-state index contributed by atoms with van der Waals surface area (Å²) < 4.78 is 5.52. The van der Waals surface area contributed by atoms with Crippen LogP contribution in [0.25, 0.3) is 0 Å². The number of ether oxygens (including phenoxy) is 1. The molecule has 0 unspecified atom stereocenters. The maximum Gasteiger partial charge on any atom is 0.279 e. The molecule has 0 atom stereocenters. The molecule has 0 aliphatic carbocycles. The van der Waals surface area contributed by atoms with Crippen molar-refractivity contribution in [1.82, 2.24) is 0 Å². The molecule has 2 heterocycles. The molecule has 0 radical (unpaired) electrons. The summed E-state index contributed by atoms with van der Waals surface area (Å²) in [5.41, 5.74) is 2.12. The van der Waals surface area contributed by atoms with Crippen LogP contribution in [0.2, 0.25) is 0 Å². The van der Waals surface area contributed by atoms with Crippen molar-refractivity contribution in [3.63, 3.8) is 0 Å². The third-order valence-corrected chi connectivity index (χ3v) is 2.34. The molecule has 2 N–H and O–H groups in total. The smallest absolute Gasteiger partial charge is 0.279 e. The Balaban J connectivity index is 1.98. The standard InChI is InChI=1S/C11H10N2O/c1-2-6-10-9(5-1)12-11(13-10)7-3-4-8-14-11/h1-8,12-13H. The van der Waals surface area contributed by atoms with Gasteiger partial charge in [-0.2, -0.15) is 0 Å². The van der Waals surface area contributed by atoms with Crippen molar-refractivity contribution >= 4 is 11.4 Å². The van der Waals surface area contributed by atoms with Gasteiger partial charge >= 0.3 is 0 Å². The number of allylic oxidation sites excluding steroid dienone is 2. The van der Waals surface area contributed by atoms with Gasteiger partial charge in [-0.1, -0.05) is 18.2 Å². The summed E-state index contributed by atoms with van der Waals surface area (Å²) in [6, 6.07) is 8.03. The highest BCUT2D eigenvalue weighted by atomic mass is 16.5. The van der Waals surface area contributed by atoms with Crippen LogP contribution < -0.4 is 10.6 Å². The molecule has 3 nitrogen and oxygen atoms in total. The lowest BCUT2D eigenvalue weighted by molar-refractivity contribution is 0.124. The minimum Gasteiger partial charge on any atom is -0.454 e. The second-order valence-corrected chi connectivity index (χ2v) is 3.34. The topological polar surface area (TPSA) is 33.3 Å². The molecule has 1 aromatic carbocycles. The van der Waals surface area contributed by atoms with Gasteiger partial charge in [0, 0.05) is 6.08 Å². The average Bonchev–Trinajstić information content (AvgIpc) is 2.56. The van der Waals surface area contributed by atoms with Crippen molar-refractivity contribution in [3.05, 3.63) is 48.8 Å². The van der Waals surface area contributed by atoms with Gasteiger partial charge < -0.3 is 15.4 Å². The fourth-order valence-electron chi connectivity index (χ4n) is 1.70. The van der Waals surface area contributed by atoms with Gasteiger partial charge in [0.15, 0.2) is 0 Å². The lowest BCUT2D eigenvalue weighted by atomic mass is 10.3. The monoisotopic (exact) mass is 186 g/mol. The van der Waals surface area contributed by atoms with Crippen LogP contribution in [0.3, 0.4) is 0 Å². The van der Waals surface area contributed by atoms with E-state index in [1.165, 1.54) is 0 Å². The lowest BCUT2D eigenvalue weighted by Gasteiger charge is -2.27. The molecule has 70 valence electrons. The molecule has 0 aromatic heterocycles. The van der Waals surface area contributed by atoms with Crippen LogP contribution in [0.15, 0.2) is 48.8 Å². The van der Waals surface area contributed by atoms with Crippen molar-refractivity contribution in [3.8, 4) is 0 Å². The molecular formula is C11H10N2O. The molecule has 0 amide bonds. The van der Waals surface area contributed by atoms with E-state index in [4.69, 9.17) is 4.74 Å². The first-order chi connectivity index (χ1) is 6.88. The van der Waals surface area contributed by atoms with Crippen LogP contribution in [0.5, 0.6) is 0 Å². The fraction of sp³-hybridized carbons (Fsp3) is 0.0909. The largest absolute Gasteiger partial charge is 0.454 e. The number of anilines is 2. The predicted octanol–water partition coefficient (Wildman–Crippen LogP) is 2.28. The summed E-state index contributed by atoms with van der Waals surface area (Å²) in [6.45, 7) is 0. The third-order valence-electron chi connectivity index (χ3n) is 2.34. The van der Waals surface area contributed by atoms with Crippen LogP contribution in [0, 0.1) is 0 Å². The van der Waals surface area contributed by atoms with Crippen molar-refractivity contribution in [2.75, 3.05) is 10.6 Å². The van der Waals surface area contributed by atoms with Gasteiger partial charge in [-0.05, 0) is 18.2 Å². The Morgan fingerprint density at radius 2 is 1.71 bits per heavy atom. The Bertz CT molecular complexity index is 398. The Hall–Kier alpha value is -1.90. The first-order valence-electron chi connectivity index (χ1n) is 4.56. The second-order valence-electron chi connectivity index (χ2n) is 3.34. The predicted molar refractivity (Wildman–Crippen MR) is 55.8 cm³/mol. The van der Waals surface area contributed by atoms with E-state index >= 15 is 0 Å². The van der Waals surface area contributed by atoms with E-state index in [0.717, 1.165) is 11.4 Å². The van der Waals surface area contributed by atoms with E-state index in [0.29, 0.717) is 0 Å². The van der Waals surface area contributed by atoms with E-state index in [2.05, 4.69) is 10.6 Å². The zero-order valence-corrected chi connectivity index (χ0v) is 7.53. The molecule has 3 rings (SSSR count). The summed E-state index contributed by atoms with van der Waals surface area (Å²) >= 11 is 0. The molecule has 0 fully saturated rings. The third kappa shape index (κ3) is 0.988. The second kappa shape index (κ2) is 2.54. The zero-order valence-electron chi connectivity index (χ0n) is 7.53. The van der Waals surface area contributed by atoms with Crippen LogP contribution >= 0.6 is 0 Å². The lowest BCUT2D eigenvalue weighted by Crippen LogP contribution is -2.42. The normalized spacial score (nSPS) is 19.7. The highest BCUT2D eigenvalue weighted by Crippen LogP contribution is 2.35. The van der Waals surface area contributed by atoms with E-state index in [9.17, 15) is 0 Å². The van der Waals surface area contributed by atoms with Gasteiger partial charge in [-0.15, -0.1) is 0 Å². The van der Waals surface area contributed by atoms with Crippen molar-refractivity contribution in [2.45, 2.75) is 5.85 Å². The molecule has 0 bridgehead atoms. The number of benzene rings is 1. The van der Waals surface area contributed by atoms with Gasteiger partial charge in [0.1, 0.15) is 0 Å². The summed E-state index contributed by atoms with van der Waals surface area (Å²) in [5, 5.41) is 6.56. The molecular weight excluding hydrogens is 176 g/mol.